The lowest BCUT2D eigenvalue weighted by molar-refractivity contribution is -0.141. The van der Waals surface area contributed by atoms with Crippen LogP contribution in [0.3, 0.4) is 0 Å². The van der Waals surface area contributed by atoms with Crippen molar-refractivity contribution in [3.8, 4) is 11.1 Å². The van der Waals surface area contributed by atoms with Gasteiger partial charge in [0.2, 0.25) is 11.8 Å². The van der Waals surface area contributed by atoms with Crippen LogP contribution >= 0.6 is 0 Å². The fourth-order valence-electron chi connectivity index (χ4n) is 3.82. The van der Waals surface area contributed by atoms with Crippen LogP contribution in [0.4, 0.5) is 0 Å². The summed E-state index contributed by atoms with van der Waals surface area (Å²) in [5, 5.41) is 2.60. The molecule has 1 aromatic carbocycles. The predicted octanol–water partition coefficient (Wildman–Crippen LogP) is 2.48. The van der Waals surface area contributed by atoms with E-state index in [1.54, 1.807) is 4.90 Å². The molecule has 2 heterocycles. The molecule has 1 fully saturated rings. The van der Waals surface area contributed by atoms with Gasteiger partial charge >= 0.3 is 0 Å². The summed E-state index contributed by atoms with van der Waals surface area (Å²) in [5.74, 6) is 0.235. The molecule has 0 radical (unpaired) electrons. The van der Waals surface area contributed by atoms with Crippen molar-refractivity contribution in [1.82, 2.24) is 15.2 Å². The summed E-state index contributed by atoms with van der Waals surface area (Å²) < 4.78 is 0. The second kappa shape index (κ2) is 8.74. The van der Waals surface area contributed by atoms with E-state index in [4.69, 9.17) is 10.7 Å². The maximum Gasteiger partial charge on any atom is 0.242 e. The first-order valence-corrected chi connectivity index (χ1v) is 10.1. The molecule has 2 amide bonds. The first-order valence-electron chi connectivity index (χ1n) is 10.1. The van der Waals surface area contributed by atoms with Crippen LogP contribution in [0, 0.1) is 19.8 Å². The first-order chi connectivity index (χ1) is 13.8. The number of nitrogens with one attached hydrogen (secondary N) is 1. The van der Waals surface area contributed by atoms with Gasteiger partial charge in [0.25, 0.3) is 0 Å². The fraction of sp³-hybridized carbons (Fsp3) is 0.435. The molecule has 1 aliphatic rings. The molecule has 2 aromatic rings. The highest BCUT2D eigenvalue weighted by Gasteiger charge is 2.26. The molecule has 1 aromatic heterocycles. The van der Waals surface area contributed by atoms with Gasteiger partial charge in [-0.2, -0.15) is 0 Å². The number of carbonyl (C=O) groups excluding carboxylic acids is 2. The van der Waals surface area contributed by atoms with Crippen molar-refractivity contribution in [2.45, 2.75) is 47.2 Å². The third-order valence-corrected chi connectivity index (χ3v) is 5.31. The summed E-state index contributed by atoms with van der Waals surface area (Å²) in [6, 6.07) is 8.35. The largest absolute Gasteiger partial charge is 0.345 e. The molecular formula is C23H30N4O2. The average molecular weight is 395 g/mol. The number of nitrogens with two attached hydrogens (primary N) is 1. The topological polar surface area (TPSA) is 88.3 Å². The zero-order valence-corrected chi connectivity index (χ0v) is 17.7. The van der Waals surface area contributed by atoms with Crippen LogP contribution in [0.25, 0.3) is 11.1 Å². The van der Waals surface area contributed by atoms with Gasteiger partial charge in [0, 0.05) is 30.0 Å². The third-order valence-electron chi connectivity index (χ3n) is 5.31. The van der Waals surface area contributed by atoms with Gasteiger partial charge in [-0.3, -0.25) is 14.6 Å². The summed E-state index contributed by atoms with van der Waals surface area (Å²) in [6.07, 6.45) is 0.845. The zero-order valence-electron chi connectivity index (χ0n) is 17.7. The summed E-state index contributed by atoms with van der Waals surface area (Å²) in [6.45, 7) is 9.21. The number of amides is 2. The second-order valence-electron chi connectivity index (χ2n) is 8.17. The number of piperazine rings is 1. The minimum Gasteiger partial charge on any atom is -0.345 e. The standard InChI is InChI=1S/C23H30N4O2/c1-14(2)9-20-18(10-24)23(17-7-5-15(3)6-8-17)19(16(4)26-20)12-27-13-21(28)25-11-22(27)29/h5-8,14H,9-13,24H2,1-4H3,(H,25,28). The molecule has 0 unspecified atom stereocenters. The van der Waals surface area contributed by atoms with E-state index >= 15 is 0 Å². The van der Waals surface area contributed by atoms with Crippen molar-refractivity contribution in [2.24, 2.45) is 11.7 Å². The van der Waals surface area contributed by atoms with Gasteiger partial charge in [-0.25, -0.2) is 0 Å². The number of pyridine rings is 1. The molecule has 1 aliphatic heterocycles. The molecule has 29 heavy (non-hydrogen) atoms. The molecular weight excluding hydrogens is 364 g/mol. The number of benzene rings is 1. The van der Waals surface area contributed by atoms with Crippen LogP contribution in [0.5, 0.6) is 0 Å². The molecule has 6 heteroatoms. The molecule has 0 atom stereocenters. The van der Waals surface area contributed by atoms with E-state index in [1.807, 2.05) is 6.92 Å². The molecule has 0 bridgehead atoms. The Morgan fingerprint density at radius 3 is 2.45 bits per heavy atom. The second-order valence-corrected chi connectivity index (χ2v) is 8.17. The number of carbonyl (C=O) groups is 2. The zero-order chi connectivity index (χ0) is 21.1. The van der Waals surface area contributed by atoms with Gasteiger partial charge in [-0.1, -0.05) is 43.7 Å². The minimum absolute atomic E-state index is 0.0420. The number of rotatable bonds is 6. The number of aryl methyl sites for hydroxylation is 2. The van der Waals surface area contributed by atoms with E-state index in [0.29, 0.717) is 19.0 Å². The molecule has 3 rings (SSSR count). The van der Waals surface area contributed by atoms with E-state index in [9.17, 15) is 9.59 Å². The smallest absolute Gasteiger partial charge is 0.242 e. The average Bonchev–Trinajstić information content (AvgIpc) is 2.66. The number of aromatic nitrogens is 1. The van der Waals surface area contributed by atoms with E-state index in [-0.39, 0.29) is 24.9 Å². The van der Waals surface area contributed by atoms with Gasteiger partial charge in [0.1, 0.15) is 0 Å². The van der Waals surface area contributed by atoms with Crippen molar-refractivity contribution in [3.05, 3.63) is 52.3 Å². The lowest BCUT2D eigenvalue weighted by atomic mass is 9.89. The van der Waals surface area contributed by atoms with Gasteiger partial charge in [0.05, 0.1) is 13.1 Å². The van der Waals surface area contributed by atoms with Crippen molar-refractivity contribution < 1.29 is 9.59 Å². The Hall–Kier alpha value is -2.73. The van der Waals surface area contributed by atoms with E-state index in [0.717, 1.165) is 40.1 Å². The molecule has 0 spiro atoms. The van der Waals surface area contributed by atoms with Crippen LogP contribution in [-0.4, -0.2) is 34.8 Å². The summed E-state index contributed by atoms with van der Waals surface area (Å²) in [7, 11) is 0. The molecule has 0 aliphatic carbocycles. The highest BCUT2D eigenvalue weighted by Crippen LogP contribution is 2.33. The van der Waals surface area contributed by atoms with Crippen LogP contribution < -0.4 is 11.1 Å². The van der Waals surface area contributed by atoms with Crippen LogP contribution in [0.1, 0.15) is 41.9 Å². The van der Waals surface area contributed by atoms with E-state index < -0.39 is 0 Å². The lowest BCUT2D eigenvalue weighted by Crippen LogP contribution is -2.51. The number of nitrogens with zero attached hydrogens (tertiary/aromatic N) is 2. The van der Waals surface area contributed by atoms with E-state index in [2.05, 4.69) is 50.4 Å². The molecule has 3 N–H and O–H groups in total. The van der Waals surface area contributed by atoms with Crippen LogP contribution in [-0.2, 0) is 29.1 Å². The Morgan fingerprint density at radius 1 is 1.14 bits per heavy atom. The number of hydrogen-bond donors (Lipinski definition) is 2. The maximum atomic E-state index is 12.4. The van der Waals surface area contributed by atoms with Gasteiger partial charge in [0.15, 0.2) is 0 Å². The quantitative estimate of drug-likeness (QED) is 0.788. The van der Waals surface area contributed by atoms with Gasteiger partial charge in [-0.05, 0) is 42.9 Å². The highest BCUT2D eigenvalue weighted by atomic mass is 16.2. The van der Waals surface area contributed by atoms with Gasteiger partial charge in [-0.15, -0.1) is 0 Å². The normalized spacial score (nSPS) is 14.5. The first kappa shape index (κ1) is 21.0. The van der Waals surface area contributed by atoms with E-state index in [1.165, 1.54) is 5.56 Å². The number of hydrogen-bond acceptors (Lipinski definition) is 4. The highest BCUT2D eigenvalue weighted by molar-refractivity contribution is 5.92. The lowest BCUT2D eigenvalue weighted by Gasteiger charge is -2.29. The van der Waals surface area contributed by atoms with Crippen molar-refractivity contribution in [2.75, 3.05) is 13.1 Å². The van der Waals surface area contributed by atoms with Crippen LogP contribution in [0.2, 0.25) is 0 Å². The maximum absolute atomic E-state index is 12.4. The molecule has 154 valence electrons. The molecule has 0 saturated carbocycles. The Morgan fingerprint density at radius 2 is 1.83 bits per heavy atom. The minimum atomic E-state index is -0.137. The van der Waals surface area contributed by atoms with Crippen molar-refractivity contribution in [1.29, 1.82) is 0 Å². The monoisotopic (exact) mass is 394 g/mol. The van der Waals surface area contributed by atoms with Gasteiger partial charge < -0.3 is 16.0 Å². The summed E-state index contributed by atoms with van der Waals surface area (Å²) in [4.78, 5) is 30.7. The third kappa shape index (κ3) is 4.65. The molecule has 1 saturated heterocycles. The Balaban J connectivity index is 2.16. The fourth-order valence-corrected chi connectivity index (χ4v) is 3.82. The predicted molar refractivity (Wildman–Crippen MR) is 114 cm³/mol. The van der Waals surface area contributed by atoms with Crippen LogP contribution in [0.15, 0.2) is 24.3 Å². The summed E-state index contributed by atoms with van der Waals surface area (Å²) >= 11 is 0. The Kier molecular flexibility index (Phi) is 6.33. The molecule has 6 nitrogen and oxygen atoms in total. The SMILES string of the molecule is Cc1ccc(-c2c(CN3CC(=O)NCC3=O)c(C)nc(CC(C)C)c2CN)cc1. The summed E-state index contributed by atoms with van der Waals surface area (Å²) in [5.41, 5.74) is 13.4. The van der Waals surface area contributed by atoms with Crippen molar-refractivity contribution >= 4 is 11.8 Å². The Labute approximate surface area is 172 Å². The van der Waals surface area contributed by atoms with Crippen molar-refractivity contribution in [3.63, 3.8) is 0 Å². The Bertz CT molecular complexity index is 919.